The number of methoxy groups -OCH3 is 2. The quantitative estimate of drug-likeness (QED) is 0.246. The number of rotatable bonds is 3. The summed E-state index contributed by atoms with van der Waals surface area (Å²) >= 11 is 0.868. The Bertz CT molecular complexity index is 1760. The second kappa shape index (κ2) is 17.2. The molecule has 13 nitrogen and oxygen atoms in total. The second-order valence-electron chi connectivity index (χ2n) is 13.5. The van der Waals surface area contributed by atoms with Crippen LogP contribution in [0.3, 0.4) is 0 Å². The van der Waals surface area contributed by atoms with E-state index in [1.165, 1.54) is 66.2 Å². The predicted octanol–water partition coefficient (Wildman–Crippen LogP) is 3.20. The van der Waals surface area contributed by atoms with Crippen LogP contribution in [0.1, 0.15) is 78.2 Å². The molecule has 14 heteroatoms. The molecule has 0 aromatic heterocycles. The number of hydrogen-bond acceptors (Lipinski definition) is 13. The minimum Gasteiger partial charge on any atom is -0.507 e. The summed E-state index contributed by atoms with van der Waals surface area (Å²) in [6, 6.07) is 0. The fourth-order valence-electron chi connectivity index (χ4n) is 6.70. The standard InChI is InChI=1S/C38H49NO12S/c1-15-12-11-13-16(2)37(48)39-26-33(46)23-22(34(47)36(26)52-10)24(35(50-8)21(7)32(23)45)29(42)18(4)14-17(3)28(41)20(6)31(44)25(38(49)51-9)30(43)19(5)27(15)40/h11-15,17,19-20,25,27-28,30-31,40-41,43-45H,1-10H3,(H,39,48)/b12-11-,16-13-,18-14-/t15-,17-,19+,20-,25-,27-,28-,30-,31+/m0/s1. The number of benzene rings is 1. The summed E-state index contributed by atoms with van der Waals surface area (Å²) in [6.07, 6.45) is 1.41. The van der Waals surface area contributed by atoms with E-state index >= 15 is 0 Å². The molecule has 0 unspecified atom stereocenters. The molecule has 1 aliphatic carbocycles. The van der Waals surface area contributed by atoms with Crippen molar-refractivity contribution in [2.45, 2.75) is 72.9 Å². The maximum absolute atomic E-state index is 14.2. The third-order valence-electron chi connectivity index (χ3n) is 10.1. The van der Waals surface area contributed by atoms with Crippen molar-refractivity contribution in [3.63, 3.8) is 0 Å². The van der Waals surface area contributed by atoms with E-state index < -0.39 is 100 Å². The molecular weight excluding hydrogens is 694 g/mol. The van der Waals surface area contributed by atoms with Gasteiger partial charge in [-0.15, -0.1) is 11.8 Å². The third kappa shape index (κ3) is 7.96. The molecule has 284 valence electrons. The summed E-state index contributed by atoms with van der Waals surface area (Å²) in [4.78, 5) is 68.5. The molecular formula is C38H49NO12S. The van der Waals surface area contributed by atoms with Gasteiger partial charge in [0.1, 0.15) is 23.1 Å². The van der Waals surface area contributed by atoms with Gasteiger partial charge < -0.3 is 40.3 Å². The molecule has 2 heterocycles. The van der Waals surface area contributed by atoms with E-state index in [2.05, 4.69) is 5.32 Å². The number of allylic oxidation sites excluding steroid dienone is 5. The zero-order valence-electron chi connectivity index (χ0n) is 31.0. The van der Waals surface area contributed by atoms with Gasteiger partial charge in [0.25, 0.3) is 5.91 Å². The lowest BCUT2D eigenvalue weighted by molar-refractivity contribution is -0.164. The molecule has 0 saturated carbocycles. The first-order valence-corrected chi connectivity index (χ1v) is 18.0. The predicted molar refractivity (Wildman–Crippen MR) is 194 cm³/mol. The largest absolute Gasteiger partial charge is 0.507 e. The molecule has 1 aromatic rings. The lowest BCUT2D eigenvalue weighted by atomic mass is 9.76. The Morgan fingerprint density at radius 1 is 0.769 bits per heavy atom. The van der Waals surface area contributed by atoms with E-state index in [9.17, 15) is 49.5 Å². The van der Waals surface area contributed by atoms with Crippen LogP contribution in [0.25, 0.3) is 0 Å². The van der Waals surface area contributed by atoms with Gasteiger partial charge in [0, 0.05) is 34.8 Å². The van der Waals surface area contributed by atoms with Crippen LogP contribution in [-0.4, -0.2) is 99.7 Å². The van der Waals surface area contributed by atoms with Crippen molar-refractivity contribution in [1.82, 2.24) is 5.32 Å². The molecule has 3 aliphatic rings. The first-order valence-electron chi connectivity index (χ1n) is 16.8. The number of amides is 1. The van der Waals surface area contributed by atoms with Gasteiger partial charge in [-0.3, -0.25) is 24.0 Å². The van der Waals surface area contributed by atoms with Crippen LogP contribution in [0.4, 0.5) is 0 Å². The van der Waals surface area contributed by atoms with Crippen molar-refractivity contribution in [2.24, 2.45) is 29.6 Å². The topological polar surface area (TPSA) is 217 Å². The number of phenolic OH excluding ortho intramolecular Hbond substituents is 1. The van der Waals surface area contributed by atoms with Gasteiger partial charge in [0.15, 0.2) is 5.78 Å². The zero-order valence-corrected chi connectivity index (χ0v) is 31.8. The number of esters is 1. The number of ether oxygens (including phenoxy) is 2. The van der Waals surface area contributed by atoms with Crippen molar-refractivity contribution >= 4 is 41.0 Å². The van der Waals surface area contributed by atoms with Gasteiger partial charge in [-0.05, 0) is 32.6 Å². The van der Waals surface area contributed by atoms with Gasteiger partial charge >= 0.3 is 5.97 Å². The van der Waals surface area contributed by atoms with Crippen molar-refractivity contribution in [3.05, 3.63) is 68.3 Å². The molecule has 9 atom stereocenters. The molecule has 6 N–H and O–H groups in total. The number of carbonyl (C=O) groups excluding carboxylic acids is 5. The van der Waals surface area contributed by atoms with Crippen LogP contribution in [-0.2, 0) is 14.3 Å². The van der Waals surface area contributed by atoms with Gasteiger partial charge in [-0.25, -0.2) is 0 Å². The van der Waals surface area contributed by atoms with Crippen LogP contribution >= 0.6 is 11.8 Å². The van der Waals surface area contributed by atoms with Crippen molar-refractivity contribution < 1.29 is 59.0 Å². The van der Waals surface area contributed by atoms with E-state index in [4.69, 9.17) is 9.47 Å². The summed E-state index contributed by atoms with van der Waals surface area (Å²) in [5.74, 6) is -10.1. The number of thioether (sulfide) groups is 1. The number of Topliss-reactive ketones (excluding diaryl/α,β-unsaturated/α-hetero) is 3. The SMILES string of the molecule is COC(=O)[C@@H]1[C@H](O)[C@@H](C)[C@@H](O)[C@@H](C)/C=C(/C)C(=O)c2c(OC)c(C)c(O)c3c2C(=O)C(SC)=C(NC(=O)/C(C)=C\C=C/[C@H](C)[C@H](O)[C@@H](C)[C@@H]1O)C3=O. The van der Waals surface area contributed by atoms with Gasteiger partial charge in [-0.1, -0.05) is 52.0 Å². The number of ketones is 3. The number of hydrogen-bond donors (Lipinski definition) is 6. The highest BCUT2D eigenvalue weighted by atomic mass is 32.2. The number of phenols is 1. The molecule has 4 rings (SSSR count). The molecule has 2 aliphatic heterocycles. The molecule has 4 bridgehead atoms. The number of aromatic hydroxyl groups is 1. The van der Waals surface area contributed by atoms with Crippen molar-refractivity contribution in [2.75, 3.05) is 20.5 Å². The minimum atomic E-state index is -1.67. The van der Waals surface area contributed by atoms with Crippen molar-refractivity contribution in [3.8, 4) is 11.5 Å². The number of fused-ring (bicyclic) bond motifs is 15. The van der Waals surface area contributed by atoms with E-state index in [-0.39, 0.29) is 38.6 Å². The third-order valence-corrected chi connectivity index (χ3v) is 10.9. The highest BCUT2D eigenvalue weighted by Crippen LogP contribution is 2.45. The van der Waals surface area contributed by atoms with Gasteiger partial charge in [0.05, 0.1) is 60.2 Å². The van der Waals surface area contributed by atoms with E-state index in [0.717, 1.165) is 18.9 Å². The first-order chi connectivity index (χ1) is 24.3. The maximum Gasteiger partial charge on any atom is 0.313 e. The molecule has 0 radical (unpaired) electrons. The fraction of sp³-hybridized carbons (Fsp3) is 0.500. The average molecular weight is 744 g/mol. The van der Waals surface area contributed by atoms with Crippen LogP contribution in [0.15, 0.2) is 46.1 Å². The number of nitrogens with one attached hydrogen (secondary N) is 1. The summed E-state index contributed by atoms with van der Waals surface area (Å²) in [6.45, 7) is 10.4. The highest BCUT2D eigenvalue weighted by molar-refractivity contribution is 8.03. The minimum absolute atomic E-state index is 0.00802. The van der Waals surface area contributed by atoms with E-state index in [1.54, 1.807) is 19.9 Å². The zero-order chi connectivity index (χ0) is 39.5. The molecule has 0 spiro atoms. The monoisotopic (exact) mass is 743 g/mol. The summed E-state index contributed by atoms with van der Waals surface area (Å²) < 4.78 is 10.4. The highest BCUT2D eigenvalue weighted by Gasteiger charge is 2.45. The second-order valence-corrected chi connectivity index (χ2v) is 14.3. The molecule has 1 amide bonds. The fourth-order valence-corrected chi connectivity index (χ4v) is 7.33. The Balaban J connectivity index is 2.34. The molecule has 0 fully saturated rings. The van der Waals surface area contributed by atoms with Gasteiger partial charge in [0.2, 0.25) is 11.6 Å². The van der Waals surface area contributed by atoms with E-state index in [0.29, 0.717) is 0 Å². The Morgan fingerprint density at radius 2 is 1.33 bits per heavy atom. The normalized spacial score (nSPS) is 32.4. The first kappa shape index (κ1) is 42.3. The number of aliphatic hydroxyl groups excluding tert-OH is 4. The lowest BCUT2D eigenvalue weighted by Crippen LogP contribution is -2.50. The Morgan fingerprint density at radius 3 is 1.85 bits per heavy atom. The Labute approximate surface area is 307 Å². The maximum atomic E-state index is 14.2. The average Bonchev–Trinajstić information content (AvgIpc) is 3.11. The van der Waals surface area contributed by atoms with Crippen LogP contribution in [0, 0.1) is 36.5 Å². The summed E-state index contributed by atoms with van der Waals surface area (Å²) in [5.41, 5.74) is -1.48. The number of aliphatic hydroxyl groups is 4. The van der Waals surface area contributed by atoms with E-state index in [1.807, 2.05) is 0 Å². The summed E-state index contributed by atoms with van der Waals surface area (Å²) in [7, 11) is 2.32. The van der Waals surface area contributed by atoms with Gasteiger partial charge in [-0.2, -0.15) is 0 Å². The Hall–Kier alpha value is -4.08. The lowest BCUT2D eigenvalue weighted by Gasteiger charge is -2.37. The summed E-state index contributed by atoms with van der Waals surface area (Å²) in [5, 5.41) is 59.0. The van der Waals surface area contributed by atoms with Crippen LogP contribution in [0.2, 0.25) is 0 Å². The van der Waals surface area contributed by atoms with Crippen molar-refractivity contribution in [1.29, 1.82) is 0 Å². The molecule has 52 heavy (non-hydrogen) atoms. The number of carbonyl (C=O) groups is 5. The molecule has 1 aromatic carbocycles. The molecule has 0 saturated heterocycles. The Kier molecular flexibility index (Phi) is 14.0. The smallest absolute Gasteiger partial charge is 0.313 e. The van der Waals surface area contributed by atoms with Crippen LogP contribution in [0.5, 0.6) is 11.5 Å². The van der Waals surface area contributed by atoms with Crippen LogP contribution < -0.4 is 10.1 Å².